The van der Waals surface area contributed by atoms with E-state index in [2.05, 4.69) is 5.32 Å². The van der Waals surface area contributed by atoms with Gasteiger partial charge < -0.3 is 15.0 Å². The fraction of sp³-hybridized carbons (Fsp3) is 0.391. The lowest BCUT2D eigenvalue weighted by Crippen LogP contribution is -2.49. The molecule has 29 heavy (non-hydrogen) atoms. The van der Waals surface area contributed by atoms with E-state index in [1.54, 1.807) is 12.0 Å². The molecule has 2 aromatic rings. The molecule has 0 aromatic heterocycles. The van der Waals surface area contributed by atoms with Gasteiger partial charge in [0.15, 0.2) is 0 Å². The Hall–Kier alpha value is -2.47. The maximum Gasteiger partial charge on any atom is 0.242 e. The zero-order chi connectivity index (χ0) is 21.1. The highest BCUT2D eigenvalue weighted by Gasteiger charge is 2.28. The lowest BCUT2D eigenvalue weighted by atomic mass is 10.1. The van der Waals surface area contributed by atoms with Crippen LogP contribution in [0.25, 0.3) is 0 Å². The summed E-state index contributed by atoms with van der Waals surface area (Å²) in [4.78, 5) is 28.6. The Bertz CT molecular complexity index is 765. The zero-order valence-electron chi connectivity index (χ0n) is 17.4. The largest absolute Gasteiger partial charge is 0.497 e. The number of hydrogen-bond donors (Lipinski definition) is 1. The summed E-state index contributed by atoms with van der Waals surface area (Å²) in [7, 11) is 1.62. The minimum Gasteiger partial charge on any atom is -0.497 e. The standard InChI is InChI=1S/C23H30N2O3S/c1-4-15-24-23(27)21(5-2)25(16-18-11-13-19(28-3)14-12-18)22(26)17-29-20-9-7-6-8-10-20/h6-14,21H,4-5,15-17H2,1-3H3,(H,24,27)/t21-/m0/s1. The number of carbonyl (C=O) groups is 2. The van der Waals surface area contributed by atoms with Crippen molar-refractivity contribution in [2.75, 3.05) is 19.4 Å². The first-order valence-electron chi connectivity index (χ1n) is 9.97. The highest BCUT2D eigenvalue weighted by Crippen LogP contribution is 2.21. The SMILES string of the molecule is CCCNC(=O)[C@H](CC)N(Cc1ccc(OC)cc1)C(=O)CSc1ccccc1. The van der Waals surface area contributed by atoms with E-state index in [1.807, 2.05) is 68.4 Å². The fourth-order valence-electron chi connectivity index (χ4n) is 2.96. The van der Waals surface area contributed by atoms with Crippen LogP contribution in [0.3, 0.4) is 0 Å². The lowest BCUT2D eigenvalue weighted by Gasteiger charge is -2.30. The van der Waals surface area contributed by atoms with Crippen molar-refractivity contribution < 1.29 is 14.3 Å². The molecule has 1 N–H and O–H groups in total. The van der Waals surface area contributed by atoms with Crippen molar-refractivity contribution in [1.29, 1.82) is 0 Å². The number of benzene rings is 2. The van der Waals surface area contributed by atoms with Crippen LogP contribution < -0.4 is 10.1 Å². The van der Waals surface area contributed by atoms with Gasteiger partial charge in [-0.1, -0.05) is 44.2 Å². The van der Waals surface area contributed by atoms with Gasteiger partial charge in [0.1, 0.15) is 11.8 Å². The van der Waals surface area contributed by atoms with Crippen LogP contribution in [0.15, 0.2) is 59.5 Å². The van der Waals surface area contributed by atoms with Gasteiger partial charge in [0.25, 0.3) is 0 Å². The van der Waals surface area contributed by atoms with Gasteiger partial charge in [0.05, 0.1) is 12.9 Å². The van der Waals surface area contributed by atoms with Gasteiger partial charge >= 0.3 is 0 Å². The number of rotatable bonds is 11. The highest BCUT2D eigenvalue weighted by atomic mass is 32.2. The van der Waals surface area contributed by atoms with Crippen molar-refractivity contribution in [1.82, 2.24) is 10.2 Å². The molecule has 0 heterocycles. The first-order chi connectivity index (χ1) is 14.1. The van der Waals surface area contributed by atoms with Crippen LogP contribution in [0.5, 0.6) is 5.75 Å². The molecule has 0 unspecified atom stereocenters. The van der Waals surface area contributed by atoms with Crippen molar-refractivity contribution in [2.24, 2.45) is 0 Å². The number of hydrogen-bond acceptors (Lipinski definition) is 4. The van der Waals surface area contributed by atoms with Crippen LogP contribution in [0.2, 0.25) is 0 Å². The number of ether oxygens (including phenoxy) is 1. The molecular weight excluding hydrogens is 384 g/mol. The van der Waals surface area contributed by atoms with Crippen LogP contribution in [0.1, 0.15) is 32.3 Å². The lowest BCUT2D eigenvalue weighted by molar-refractivity contribution is -0.139. The predicted octanol–water partition coefficient (Wildman–Crippen LogP) is 4.12. The van der Waals surface area contributed by atoms with Gasteiger partial charge in [0, 0.05) is 18.0 Å². The van der Waals surface area contributed by atoms with Gasteiger partial charge in [-0.25, -0.2) is 0 Å². The first-order valence-corrected chi connectivity index (χ1v) is 11.0. The van der Waals surface area contributed by atoms with Crippen LogP contribution in [-0.4, -0.2) is 42.2 Å². The first kappa shape index (κ1) is 22.8. The third-order valence-corrected chi connectivity index (χ3v) is 5.55. The smallest absolute Gasteiger partial charge is 0.242 e. The molecule has 2 aromatic carbocycles. The van der Waals surface area contributed by atoms with Crippen molar-refractivity contribution in [3.63, 3.8) is 0 Å². The molecule has 0 bridgehead atoms. The van der Waals surface area contributed by atoms with Gasteiger partial charge in [-0.15, -0.1) is 11.8 Å². The van der Waals surface area contributed by atoms with Gasteiger partial charge in [0.2, 0.25) is 11.8 Å². The molecular formula is C23H30N2O3S. The quantitative estimate of drug-likeness (QED) is 0.562. The molecule has 1 atom stereocenters. The predicted molar refractivity (Wildman–Crippen MR) is 118 cm³/mol. The minimum atomic E-state index is -0.493. The Morgan fingerprint density at radius 1 is 1.07 bits per heavy atom. The van der Waals surface area contributed by atoms with Crippen molar-refractivity contribution >= 4 is 23.6 Å². The number of methoxy groups -OCH3 is 1. The van der Waals surface area contributed by atoms with Gasteiger partial charge in [-0.05, 0) is 42.7 Å². The van der Waals surface area contributed by atoms with Crippen molar-refractivity contribution in [3.8, 4) is 5.75 Å². The second kappa shape index (κ2) is 12.2. The zero-order valence-corrected chi connectivity index (χ0v) is 18.2. The van der Waals surface area contributed by atoms with Crippen LogP contribution >= 0.6 is 11.8 Å². The summed E-state index contributed by atoms with van der Waals surface area (Å²) in [6, 6.07) is 16.9. The Kier molecular flexibility index (Phi) is 9.57. The molecule has 2 amide bonds. The number of carbonyl (C=O) groups excluding carboxylic acids is 2. The Labute approximate surface area is 177 Å². The molecule has 0 spiro atoms. The van der Waals surface area contributed by atoms with E-state index in [0.29, 0.717) is 19.5 Å². The van der Waals surface area contributed by atoms with E-state index in [0.717, 1.165) is 22.6 Å². The van der Waals surface area contributed by atoms with Crippen molar-refractivity contribution in [2.45, 2.75) is 44.2 Å². The summed E-state index contributed by atoms with van der Waals surface area (Å²) in [5.41, 5.74) is 0.964. The second-order valence-corrected chi connectivity index (χ2v) is 7.74. The topological polar surface area (TPSA) is 58.6 Å². The number of nitrogens with one attached hydrogen (secondary N) is 1. The molecule has 0 aliphatic heterocycles. The van der Waals surface area contributed by atoms with E-state index in [4.69, 9.17) is 4.74 Å². The number of nitrogens with zero attached hydrogens (tertiary/aromatic N) is 1. The normalized spacial score (nSPS) is 11.6. The molecule has 0 aliphatic rings. The second-order valence-electron chi connectivity index (χ2n) is 6.69. The van der Waals surface area contributed by atoms with Crippen LogP contribution in [0.4, 0.5) is 0 Å². The molecule has 0 saturated carbocycles. The third-order valence-electron chi connectivity index (χ3n) is 4.55. The summed E-state index contributed by atoms with van der Waals surface area (Å²) < 4.78 is 5.21. The van der Waals surface area contributed by atoms with Gasteiger partial charge in [-0.2, -0.15) is 0 Å². The van der Waals surface area contributed by atoms with Crippen LogP contribution in [0, 0.1) is 0 Å². The van der Waals surface area contributed by atoms with Crippen molar-refractivity contribution in [3.05, 3.63) is 60.2 Å². The minimum absolute atomic E-state index is 0.0480. The summed E-state index contributed by atoms with van der Waals surface area (Å²) in [5, 5.41) is 2.94. The van der Waals surface area contributed by atoms with E-state index < -0.39 is 6.04 Å². The molecule has 5 nitrogen and oxygen atoms in total. The Morgan fingerprint density at radius 3 is 2.34 bits per heavy atom. The molecule has 0 radical (unpaired) electrons. The molecule has 156 valence electrons. The Morgan fingerprint density at radius 2 is 1.76 bits per heavy atom. The van der Waals surface area contributed by atoms with Gasteiger partial charge in [-0.3, -0.25) is 9.59 Å². The summed E-state index contributed by atoms with van der Waals surface area (Å²) in [5.74, 6) is 0.908. The van der Waals surface area contributed by atoms with Crippen LogP contribution in [-0.2, 0) is 16.1 Å². The molecule has 0 aliphatic carbocycles. The fourth-order valence-corrected chi connectivity index (χ4v) is 3.76. The summed E-state index contributed by atoms with van der Waals surface area (Å²) in [6.45, 7) is 4.95. The molecule has 6 heteroatoms. The average molecular weight is 415 g/mol. The van der Waals surface area contributed by atoms with E-state index in [1.165, 1.54) is 11.8 Å². The number of amides is 2. The van der Waals surface area contributed by atoms with E-state index in [-0.39, 0.29) is 17.6 Å². The number of thioether (sulfide) groups is 1. The average Bonchev–Trinajstić information content (AvgIpc) is 2.77. The maximum atomic E-state index is 13.1. The Balaban J connectivity index is 2.17. The third kappa shape index (κ3) is 7.13. The summed E-state index contributed by atoms with van der Waals surface area (Å²) in [6.07, 6.45) is 1.42. The monoisotopic (exact) mass is 414 g/mol. The maximum absolute atomic E-state index is 13.1. The highest BCUT2D eigenvalue weighted by molar-refractivity contribution is 8.00. The molecule has 0 saturated heterocycles. The molecule has 2 rings (SSSR count). The van der Waals surface area contributed by atoms with E-state index >= 15 is 0 Å². The summed E-state index contributed by atoms with van der Waals surface area (Å²) >= 11 is 1.49. The molecule has 0 fully saturated rings. The van der Waals surface area contributed by atoms with E-state index in [9.17, 15) is 9.59 Å².